The monoisotopic (exact) mass is 307 g/mol. The van der Waals surface area contributed by atoms with E-state index in [4.69, 9.17) is 9.31 Å². The lowest BCUT2D eigenvalue weighted by atomic mass is 9.85. The van der Waals surface area contributed by atoms with Crippen molar-refractivity contribution in [3.63, 3.8) is 0 Å². The molecule has 0 saturated carbocycles. The molecule has 7 heteroatoms. The fraction of sp³-hybridized carbons (Fsp3) is 0.733. The van der Waals surface area contributed by atoms with Gasteiger partial charge >= 0.3 is 7.12 Å². The highest BCUT2D eigenvalue weighted by Gasteiger charge is 2.52. The van der Waals surface area contributed by atoms with Crippen LogP contribution in [0.4, 0.5) is 10.2 Å². The summed E-state index contributed by atoms with van der Waals surface area (Å²) in [5.41, 5.74) is -0.144. The molecule has 1 aromatic heterocycles. The van der Waals surface area contributed by atoms with Gasteiger partial charge in [-0.2, -0.15) is 0 Å². The molecule has 0 bridgehead atoms. The van der Waals surface area contributed by atoms with Gasteiger partial charge in [-0.05, 0) is 40.5 Å². The Bertz CT molecular complexity index is 522. The van der Waals surface area contributed by atoms with Gasteiger partial charge in [0.15, 0.2) is 0 Å². The van der Waals surface area contributed by atoms with Crippen molar-refractivity contribution in [3.8, 4) is 0 Å². The molecule has 2 aliphatic heterocycles. The molecule has 2 fully saturated rings. The van der Waals surface area contributed by atoms with Crippen molar-refractivity contribution in [2.75, 3.05) is 18.0 Å². The number of hydrogen-bond donors (Lipinski definition) is 0. The zero-order valence-corrected chi connectivity index (χ0v) is 13.7. The molecule has 0 N–H and O–H groups in total. The molecule has 120 valence electrons. The van der Waals surface area contributed by atoms with Gasteiger partial charge in [-0.1, -0.05) is 0 Å². The lowest BCUT2D eigenvalue weighted by Gasteiger charge is -2.32. The molecule has 22 heavy (non-hydrogen) atoms. The molecule has 2 saturated heterocycles. The molecule has 0 radical (unpaired) electrons. The van der Waals surface area contributed by atoms with Crippen LogP contribution < -0.4 is 10.5 Å². The Balaban J connectivity index is 1.72. The minimum Gasteiger partial charge on any atom is -0.398 e. The Hall–Kier alpha value is -1.21. The van der Waals surface area contributed by atoms with Gasteiger partial charge in [0.25, 0.3) is 0 Å². The van der Waals surface area contributed by atoms with Gasteiger partial charge in [-0.15, -0.1) is 0 Å². The number of piperidine rings is 1. The Labute approximate surface area is 131 Å². The first-order valence-electron chi connectivity index (χ1n) is 7.85. The number of anilines is 1. The molecule has 1 unspecified atom stereocenters. The molecule has 0 aliphatic carbocycles. The van der Waals surface area contributed by atoms with E-state index in [1.807, 2.05) is 32.6 Å². The number of aromatic nitrogens is 2. The molecule has 3 heterocycles. The van der Waals surface area contributed by atoms with Gasteiger partial charge in [-0.25, -0.2) is 9.37 Å². The summed E-state index contributed by atoms with van der Waals surface area (Å²) < 4.78 is 25.4. The zero-order valence-electron chi connectivity index (χ0n) is 13.7. The zero-order chi connectivity index (χ0) is 16.0. The standard InChI is InChI=1S/C15H23BFN3O2/c1-14(2)15(3,4)22-16(21-14)12-8-19-13(9-18-12)20-7-5-6-11(17)10-20/h8-9,11H,5-7,10H2,1-4H3. The summed E-state index contributed by atoms with van der Waals surface area (Å²) in [6, 6.07) is 0. The van der Waals surface area contributed by atoms with Gasteiger partial charge in [0.1, 0.15) is 12.0 Å². The largest absolute Gasteiger partial charge is 0.516 e. The second-order valence-electron chi connectivity index (χ2n) is 7.07. The van der Waals surface area contributed by atoms with E-state index in [0.717, 1.165) is 13.0 Å². The highest BCUT2D eigenvalue weighted by Crippen LogP contribution is 2.36. The highest BCUT2D eigenvalue weighted by atomic mass is 19.1. The molecule has 1 aromatic rings. The summed E-state index contributed by atoms with van der Waals surface area (Å²) >= 11 is 0. The molecular weight excluding hydrogens is 284 g/mol. The van der Waals surface area contributed by atoms with Crippen LogP contribution >= 0.6 is 0 Å². The third kappa shape index (κ3) is 2.84. The number of halogens is 1. The fourth-order valence-electron chi connectivity index (χ4n) is 2.71. The van der Waals surface area contributed by atoms with E-state index in [0.29, 0.717) is 24.4 Å². The summed E-state index contributed by atoms with van der Waals surface area (Å²) in [4.78, 5) is 10.8. The van der Waals surface area contributed by atoms with Crippen LogP contribution in [0.5, 0.6) is 0 Å². The average Bonchev–Trinajstić information content (AvgIpc) is 2.68. The minimum atomic E-state index is -0.779. The van der Waals surface area contributed by atoms with E-state index < -0.39 is 24.5 Å². The topological polar surface area (TPSA) is 47.5 Å². The molecule has 0 spiro atoms. The number of rotatable bonds is 2. The number of hydrogen-bond acceptors (Lipinski definition) is 5. The Morgan fingerprint density at radius 3 is 2.41 bits per heavy atom. The Kier molecular flexibility index (Phi) is 3.89. The number of alkyl halides is 1. The van der Waals surface area contributed by atoms with Gasteiger partial charge < -0.3 is 14.2 Å². The van der Waals surface area contributed by atoms with Gasteiger partial charge in [0, 0.05) is 12.7 Å². The SMILES string of the molecule is CC1(C)OB(c2cnc(N3CCCC(F)C3)cn2)OC1(C)C. The lowest BCUT2D eigenvalue weighted by molar-refractivity contribution is 0.00578. The van der Waals surface area contributed by atoms with Crippen molar-refractivity contribution in [2.45, 2.75) is 57.9 Å². The van der Waals surface area contributed by atoms with E-state index >= 15 is 0 Å². The normalized spacial score (nSPS) is 27.2. The van der Waals surface area contributed by atoms with Crippen LogP contribution in [-0.4, -0.2) is 47.5 Å². The Morgan fingerprint density at radius 2 is 1.86 bits per heavy atom. The number of nitrogens with zero attached hydrogens (tertiary/aromatic N) is 3. The maximum Gasteiger partial charge on any atom is 0.516 e. The summed E-state index contributed by atoms with van der Waals surface area (Å²) in [6.45, 7) is 9.23. The molecule has 5 nitrogen and oxygen atoms in total. The summed E-state index contributed by atoms with van der Waals surface area (Å²) in [6.07, 6.45) is 4.05. The van der Waals surface area contributed by atoms with Crippen molar-refractivity contribution < 1.29 is 13.7 Å². The predicted molar refractivity (Wildman–Crippen MR) is 84.1 cm³/mol. The van der Waals surface area contributed by atoms with Crippen LogP contribution in [0.2, 0.25) is 0 Å². The highest BCUT2D eigenvalue weighted by molar-refractivity contribution is 6.61. The van der Waals surface area contributed by atoms with E-state index in [9.17, 15) is 4.39 Å². The third-order valence-electron chi connectivity index (χ3n) is 4.84. The average molecular weight is 307 g/mol. The summed E-state index contributed by atoms with van der Waals surface area (Å²) in [5, 5.41) is 0. The fourth-order valence-corrected chi connectivity index (χ4v) is 2.71. The van der Waals surface area contributed by atoms with E-state index in [1.54, 1.807) is 12.4 Å². The molecule has 0 amide bonds. The Morgan fingerprint density at radius 1 is 1.18 bits per heavy atom. The first kappa shape index (κ1) is 15.7. The second-order valence-corrected chi connectivity index (χ2v) is 7.07. The molecule has 1 atom stereocenters. The smallest absolute Gasteiger partial charge is 0.398 e. The lowest BCUT2D eigenvalue weighted by Crippen LogP contribution is -2.41. The van der Waals surface area contributed by atoms with Gasteiger partial charge in [0.2, 0.25) is 0 Å². The van der Waals surface area contributed by atoms with Crippen LogP contribution in [0.15, 0.2) is 12.4 Å². The summed E-state index contributed by atoms with van der Waals surface area (Å²) in [7, 11) is -0.512. The predicted octanol–water partition coefficient (Wildman–Crippen LogP) is 1.71. The third-order valence-corrected chi connectivity index (χ3v) is 4.84. The molecule has 2 aliphatic rings. The van der Waals surface area contributed by atoms with Crippen LogP contribution in [0.3, 0.4) is 0 Å². The van der Waals surface area contributed by atoms with Crippen molar-refractivity contribution in [2.24, 2.45) is 0 Å². The van der Waals surface area contributed by atoms with Crippen LogP contribution in [0, 0.1) is 0 Å². The quantitative estimate of drug-likeness (QED) is 0.779. The van der Waals surface area contributed by atoms with E-state index in [2.05, 4.69) is 9.97 Å². The van der Waals surface area contributed by atoms with Gasteiger partial charge in [0.05, 0.1) is 29.5 Å². The van der Waals surface area contributed by atoms with Crippen molar-refractivity contribution in [1.29, 1.82) is 0 Å². The summed E-state index contributed by atoms with van der Waals surface area (Å²) in [5.74, 6) is 0.711. The van der Waals surface area contributed by atoms with Crippen molar-refractivity contribution in [3.05, 3.63) is 12.4 Å². The van der Waals surface area contributed by atoms with E-state index in [-0.39, 0.29) is 0 Å². The van der Waals surface area contributed by atoms with E-state index in [1.165, 1.54) is 0 Å². The molecule has 3 rings (SSSR count). The first-order chi connectivity index (χ1) is 10.3. The molecular formula is C15H23BFN3O2. The van der Waals surface area contributed by atoms with Crippen molar-refractivity contribution >= 4 is 18.5 Å². The maximum atomic E-state index is 13.5. The van der Waals surface area contributed by atoms with Crippen molar-refractivity contribution in [1.82, 2.24) is 9.97 Å². The van der Waals surface area contributed by atoms with Crippen LogP contribution in [0.25, 0.3) is 0 Å². The molecule has 0 aromatic carbocycles. The maximum absolute atomic E-state index is 13.5. The first-order valence-corrected chi connectivity index (χ1v) is 7.85. The van der Waals surface area contributed by atoms with Crippen LogP contribution in [0.1, 0.15) is 40.5 Å². The minimum absolute atomic E-state index is 0.393. The van der Waals surface area contributed by atoms with Gasteiger partial charge in [-0.3, -0.25) is 4.98 Å². The van der Waals surface area contributed by atoms with Crippen LogP contribution in [-0.2, 0) is 9.31 Å². The second kappa shape index (κ2) is 5.46.